The van der Waals surface area contributed by atoms with Crippen molar-refractivity contribution >= 4 is 17.5 Å². The van der Waals surface area contributed by atoms with Crippen LogP contribution in [0.3, 0.4) is 0 Å². The van der Waals surface area contributed by atoms with E-state index in [1.165, 1.54) is 12.1 Å². The lowest BCUT2D eigenvalue weighted by Gasteiger charge is -2.12. The third-order valence-electron chi connectivity index (χ3n) is 3.75. The Labute approximate surface area is 141 Å². The van der Waals surface area contributed by atoms with Crippen LogP contribution in [0.4, 0.5) is 10.1 Å². The summed E-state index contributed by atoms with van der Waals surface area (Å²) in [7, 11) is 0. The number of halogens is 1. The minimum absolute atomic E-state index is 0.0734. The molecule has 0 aliphatic rings. The van der Waals surface area contributed by atoms with Crippen molar-refractivity contribution in [3.63, 3.8) is 0 Å². The molecule has 2 aromatic rings. The SMILES string of the molecule is Cc1cccc(C)c1NC(=O)CNC(=O)CCc1ccc(F)cc1. The lowest BCUT2D eigenvalue weighted by Crippen LogP contribution is -2.33. The molecule has 2 aromatic carbocycles. The number of benzene rings is 2. The van der Waals surface area contributed by atoms with E-state index < -0.39 is 0 Å². The summed E-state index contributed by atoms with van der Waals surface area (Å²) < 4.78 is 12.8. The Morgan fingerprint density at radius 3 is 2.21 bits per heavy atom. The number of carbonyl (C=O) groups excluding carboxylic acids is 2. The molecular weight excluding hydrogens is 307 g/mol. The van der Waals surface area contributed by atoms with Crippen LogP contribution in [0, 0.1) is 19.7 Å². The lowest BCUT2D eigenvalue weighted by atomic mass is 10.1. The number of para-hydroxylation sites is 1. The summed E-state index contributed by atoms with van der Waals surface area (Å²) in [5.74, 6) is -0.773. The average molecular weight is 328 g/mol. The Balaban J connectivity index is 1.77. The number of nitrogens with one attached hydrogen (secondary N) is 2. The topological polar surface area (TPSA) is 58.2 Å². The summed E-state index contributed by atoms with van der Waals surface area (Å²) in [6, 6.07) is 11.8. The summed E-state index contributed by atoms with van der Waals surface area (Å²) in [4.78, 5) is 23.8. The van der Waals surface area contributed by atoms with E-state index in [2.05, 4.69) is 10.6 Å². The second-order valence-electron chi connectivity index (χ2n) is 5.72. The van der Waals surface area contributed by atoms with Crippen molar-refractivity contribution in [1.82, 2.24) is 5.32 Å². The number of rotatable bonds is 6. The molecule has 0 radical (unpaired) electrons. The van der Waals surface area contributed by atoms with E-state index in [1.807, 2.05) is 32.0 Å². The summed E-state index contributed by atoms with van der Waals surface area (Å²) in [6.07, 6.45) is 0.757. The normalized spacial score (nSPS) is 10.3. The van der Waals surface area contributed by atoms with E-state index in [0.717, 1.165) is 22.4 Å². The molecule has 0 unspecified atom stereocenters. The van der Waals surface area contributed by atoms with E-state index in [0.29, 0.717) is 6.42 Å². The Bertz CT molecular complexity index is 706. The zero-order valence-electron chi connectivity index (χ0n) is 13.9. The number of amides is 2. The highest BCUT2D eigenvalue weighted by molar-refractivity contribution is 5.95. The number of carbonyl (C=O) groups is 2. The summed E-state index contributed by atoms with van der Waals surface area (Å²) >= 11 is 0. The van der Waals surface area contributed by atoms with Crippen LogP contribution in [-0.2, 0) is 16.0 Å². The van der Waals surface area contributed by atoms with Gasteiger partial charge in [0.05, 0.1) is 6.54 Å². The second kappa shape index (κ2) is 8.24. The Morgan fingerprint density at radius 1 is 0.958 bits per heavy atom. The predicted molar refractivity (Wildman–Crippen MR) is 92.3 cm³/mol. The lowest BCUT2D eigenvalue weighted by molar-refractivity contribution is -0.124. The fourth-order valence-electron chi connectivity index (χ4n) is 2.37. The van der Waals surface area contributed by atoms with Crippen LogP contribution in [0.15, 0.2) is 42.5 Å². The molecule has 0 heterocycles. The molecular formula is C19H21FN2O2. The fourth-order valence-corrected chi connectivity index (χ4v) is 2.37. The van der Waals surface area contributed by atoms with Gasteiger partial charge in [-0.05, 0) is 49.1 Å². The number of aryl methyl sites for hydroxylation is 3. The fraction of sp³-hybridized carbons (Fsp3) is 0.263. The summed E-state index contributed by atoms with van der Waals surface area (Å²) in [6.45, 7) is 3.77. The molecule has 2 amide bonds. The van der Waals surface area contributed by atoms with Crippen molar-refractivity contribution in [2.45, 2.75) is 26.7 Å². The van der Waals surface area contributed by atoms with Gasteiger partial charge in [-0.3, -0.25) is 9.59 Å². The zero-order valence-corrected chi connectivity index (χ0v) is 13.9. The van der Waals surface area contributed by atoms with Crippen molar-refractivity contribution in [2.75, 3.05) is 11.9 Å². The highest BCUT2D eigenvalue weighted by Crippen LogP contribution is 2.18. The molecule has 0 spiro atoms. The molecule has 24 heavy (non-hydrogen) atoms. The van der Waals surface area contributed by atoms with E-state index >= 15 is 0 Å². The van der Waals surface area contributed by atoms with Gasteiger partial charge in [0.15, 0.2) is 0 Å². The zero-order chi connectivity index (χ0) is 17.5. The monoisotopic (exact) mass is 328 g/mol. The first-order chi connectivity index (χ1) is 11.5. The molecule has 126 valence electrons. The van der Waals surface area contributed by atoms with Gasteiger partial charge >= 0.3 is 0 Å². The second-order valence-corrected chi connectivity index (χ2v) is 5.72. The van der Waals surface area contributed by atoms with Crippen LogP contribution in [-0.4, -0.2) is 18.4 Å². The molecule has 5 heteroatoms. The van der Waals surface area contributed by atoms with Gasteiger partial charge in [-0.25, -0.2) is 4.39 Å². The third kappa shape index (κ3) is 5.19. The molecule has 2 rings (SSSR count). The minimum Gasteiger partial charge on any atom is -0.347 e. The highest BCUT2D eigenvalue weighted by atomic mass is 19.1. The molecule has 2 N–H and O–H groups in total. The maximum Gasteiger partial charge on any atom is 0.243 e. The number of hydrogen-bond acceptors (Lipinski definition) is 2. The third-order valence-corrected chi connectivity index (χ3v) is 3.75. The van der Waals surface area contributed by atoms with E-state index in [-0.39, 0.29) is 30.6 Å². The van der Waals surface area contributed by atoms with Crippen molar-refractivity contribution in [2.24, 2.45) is 0 Å². The van der Waals surface area contributed by atoms with Crippen molar-refractivity contribution in [3.8, 4) is 0 Å². The first kappa shape index (κ1) is 17.7. The molecule has 0 bridgehead atoms. The van der Waals surface area contributed by atoms with Gasteiger partial charge in [-0.1, -0.05) is 30.3 Å². The van der Waals surface area contributed by atoms with E-state index in [4.69, 9.17) is 0 Å². The van der Waals surface area contributed by atoms with Crippen LogP contribution in [0.1, 0.15) is 23.1 Å². The number of hydrogen-bond donors (Lipinski definition) is 2. The predicted octanol–water partition coefficient (Wildman–Crippen LogP) is 3.13. The Morgan fingerprint density at radius 2 is 1.58 bits per heavy atom. The Hall–Kier alpha value is -2.69. The molecule has 0 fully saturated rings. The number of anilines is 1. The molecule has 0 aromatic heterocycles. The van der Waals surface area contributed by atoms with Crippen LogP contribution in [0.25, 0.3) is 0 Å². The maximum absolute atomic E-state index is 12.8. The molecule has 0 aliphatic carbocycles. The van der Waals surface area contributed by atoms with Gasteiger partial charge in [0, 0.05) is 12.1 Å². The van der Waals surface area contributed by atoms with Crippen molar-refractivity contribution in [1.29, 1.82) is 0 Å². The van der Waals surface area contributed by atoms with Crippen LogP contribution in [0.2, 0.25) is 0 Å². The quantitative estimate of drug-likeness (QED) is 0.856. The molecule has 0 atom stereocenters. The van der Waals surface area contributed by atoms with Crippen LogP contribution >= 0.6 is 0 Å². The van der Waals surface area contributed by atoms with Gasteiger partial charge in [0.1, 0.15) is 5.82 Å². The average Bonchev–Trinajstić information content (AvgIpc) is 2.56. The van der Waals surface area contributed by atoms with Crippen LogP contribution < -0.4 is 10.6 Å². The molecule has 0 saturated carbocycles. The maximum atomic E-state index is 12.8. The van der Waals surface area contributed by atoms with Gasteiger partial charge in [0.25, 0.3) is 0 Å². The van der Waals surface area contributed by atoms with Gasteiger partial charge in [0.2, 0.25) is 11.8 Å². The first-order valence-electron chi connectivity index (χ1n) is 7.83. The van der Waals surface area contributed by atoms with Gasteiger partial charge in [-0.15, -0.1) is 0 Å². The van der Waals surface area contributed by atoms with Crippen LogP contribution in [0.5, 0.6) is 0 Å². The Kier molecular flexibility index (Phi) is 6.07. The molecule has 0 saturated heterocycles. The standard InChI is InChI=1S/C19H21FN2O2/c1-13-4-3-5-14(2)19(13)22-18(24)12-21-17(23)11-8-15-6-9-16(20)10-7-15/h3-7,9-10H,8,11-12H2,1-2H3,(H,21,23)(H,22,24). The van der Waals surface area contributed by atoms with E-state index in [1.54, 1.807) is 12.1 Å². The summed E-state index contributed by atoms with van der Waals surface area (Å²) in [5, 5.41) is 5.42. The molecule has 4 nitrogen and oxygen atoms in total. The van der Waals surface area contributed by atoms with Gasteiger partial charge < -0.3 is 10.6 Å². The molecule has 0 aliphatic heterocycles. The van der Waals surface area contributed by atoms with Crippen molar-refractivity contribution in [3.05, 3.63) is 65.0 Å². The highest BCUT2D eigenvalue weighted by Gasteiger charge is 2.09. The largest absolute Gasteiger partial charge is 0.347 e. The van der Waals surface area contributed by atoms with E-state index in [9.17, 15) is 14.0 Å². The van der Waals surface area contributed by atoms with Crippen molar-refractivity contribution < 1.29 is 14.0 Å². The first-order valence-corrected chi connectivity index (χ1v) is 7.83. The van der Waals surface area contributed by atoms with Gasteiger partial charge in [-0.2, -0.15) is 0 Å². The minimum atomic E-state index is -0.300. The summed E-state index contributed by atoms with van der Waals surface area (Å²) in [5.41, 5.74) is 3.62. The smallest absolute Gasteiger partial charge is 0.243 e.